The Labute approximate surface area is 169 Å². The fourth-order valence-electron chi connectivity index (χ4n) is 3.45. The monoisotopic (exact) mass is 389 g/mol. The number of carbonyl (C=O) groups excluding carboxylic acids is 1. The van der Waals surface area contributed by atoms with Crippen molar-refractivity contribution in [1.29, 1.82) is 0 Å². The molecule has 1 N–H and O–H groups in total. The number of aryl methyl sites for hydroxylation is 1. The molecule has 8 heteroatoms. The van der Waals surface area contributed by atoms with Gasteiger partial charge in [0.1, 0.15) is 0 Å². The highest BCUT2D eigenvalue weighted by Gasteiger charge is 2.30. The van der Waals surface area contributed by atoms with Crippen LogP contribution in [0.2, 0.25) is 0 Å². The lowest BCUT2D eigenvalue weighted by Crippen LogP contribution is -2.42. The summed E-state index contributed by atoms with van der Waals surface area (Å²) in [6, 6.07) is 7.62. The van der Waals surface area contributed by atoms with Crippen molar-refractivity contribution in [2.75, 3.05) is 28.7 Å². The SMILES string of the molecule is Cc1cc(-c2ccc3c(n2)N(C(=O)Nc2cnccn2)[C@H](C)CCN3C)ccn1. The summed E-state index contributed by atoms with van der Waals surface area (Å²) in [5, 5.41) is 2.84. The summed E-state index contributed by atoms with van der Waals surface area (Å²) < 4.78 is 0. The molecule has 0 fully saturated rings. The quantitative estimate of drug-likeness (QED) is 0.722. The van der Waals surface area contributed by atoms with Crippen LogP contribution in [-0.4, -0.2) is 45.6 Å². The Balaban J connectivity index is 1.76. The third kappa shape index (κ3) is 3.87. The molecule has 1 atom stereocenters. The second-order valence-corrected chi connectivity index (χ2v) is 7.18. The summed E-state index contributed by atoms with van der Waals surface area (Å²) >= 11 is 0. The number of pyridine rings is 2. The normalized spacial score (nSPS) is 16.2. The number of amides is 2. The van der Waals surface area contributed by atoms with E-state index in [0.29, 0.717) is 11.6 Å². The van der Waals surface area contributed by atoms with Crippen LogP contribution in [0.3, 0.4) is 0 Å². The van der Waals surface area contributed by atoms with Crippen molar-refractivity contribution < 1.29 is 4.79 Å². The van der Waals surface area contributed by atoms with Gasteiger partial charge in [0.25, 0.3) is 0 Å². The zero-order valence-electron chi connectivity index (χ0n) is 16.7. The maximum atomic E-state index is 13.2. The molecule has 0 saturated carbocycles. The molecular formula is C21H23N7O. The number of nitrogens with one attached hydrogen (secondary N) is 1. The van der Waals surface area contributed by atoms with E-state index in [4.69, 9.17) is 4.98 Å². The molecular weight excluding hydrogens is 366 g/mol. The van der Waals surface area contributed by atoms with E-state index in [0.717, 1.165) is 35.6 Å². The largest absolute Gasteiger partial charge is 0.372 e. The van der Waals surface area contributed by atoms with Gasteiger partial charge in [0.05, 0.1) is 17.6 Å². The van der Waals surface area contributed by atoms with E-state index < -0.39 is 0 Å². The average molecular weight is 389 g/mol. The number of nitrogens with zero attached hydrogens (tertiary/aromatic N) is 6. The van der Waals surface area contributed by atoms with Crippen LogP contribution < -0.4 is 15.1 Å². The minimum absolute atomic E-state index is 0.0303. The Bertz CT molecular complexity index is 1020. The van der Waals surface area contributed by atoms with Gasteiger partial charge in [-0.15, -0.1) is 0 Å². The third-order valence-electron chi connectivity index (χ3n) is 5.03. The third-order valence-corrected chi connectivity index (χ3v) is 5.03. The van der Waals surface area contributed by atoms with Crippen molar-refractivity contribution >= 4 is 23.4 Å². The van der Waals surface area contributed by atoms with Crippen LogP contribution in [0.4, 0.5) is 22.1 Å². The van der Waals surface area contributed by atoms with E-state index >= 15 is 0 Å². The molecule has 8 nitrogen and oxygen atoms in total. The predicted molar refractivity (Wildman–Crippen MR) is 113 cm³/mol. The number of fused-ring (bicyclic) bond motifs is 1. The van der Waals surface area contributed by atoms with Gasteiger partial charge in [0.2, 0.25) is 0 Å². The van der Waals surface area contributed by atoms with Crippen molar-refractivity contribution in [2.24, 2.45) is 0 Å². The highest BCUT2D eigenvalue weighted by atomic mass is 16.2. The van der Waals surface area contributed by atoms with Crippen molar-refractivity contribution in [3.8, 4) is 11.3 Å². The molecule has 3 aromatic heterocycles. The molecule has 3 aromatic rings. The number of hydrogen-bond donors (Lipinski definition) is 1. The highest BCUT2D eigenvalue weighted by Crippen LogP contribution is 2.35. The lowest BCUT2D eigenvalue weighted by atomic mass is 10.1. The van der Waals surface area contributed by atoms with Gasteiger partial charge in [-0.2, -0.15) is 0 Å². The minimum atomic E-state index is -0.273. The Morgan fingerprint density at radius 2 is 2.03 bits per heavy atom. The maximum absolute atomic E-state index is 13.2. The smallest absolute Gasteiger partial charge is 0.329 e. The number of aromatic nitrogens is 4. The summed E-state index contributed by atoms with van der Waals surface area (Å²) in [6.45, 7) is 4.81. The summed E-state index contributed by atoms with van der Waals surface area (Å²) in [5.74, 6) is 1.04. The van der Waals surface area contributed by atoms with Gasteiger partial charge in [0.15, 0.2) is 11.6 Å². The molecule has 0 spiro atoms. The van der Waals surface area contributed by atoms with Crippen LogP contribution in [-0.2, 0) is 0 Å². The Morgan fingerprint density at radius 1 is 1.17 bits per heavy atom. The fourth-order valence-corrected chi connectivity index (χ4v) is 3.45. The molecule has 4 heterocycles. The van der Waals surface area contributed by atoms with Crippen molar-refractivity contribution in [3.05, 3.63) is 54.7 Å². The standard InChI is InChI=1S/C21H23N7O/c1-14-12-16(6-8-23-14)17-4-5-18-20(25-17)28(15(2)7-11-27(18)3)21(29)26-19-13-22-9-10-24-19/h4-6,8-10,12-13,15H,7,11H2,1-3H3,(H,24,26,29)/t15-/m1/s1. The first-order valence-electron chi connectivity index (χ1n) is 9.54. The number of anilines is 3. The van der Waals surface area contributed by atoms with Crippen LogP contribution in [0.15, 0.2) is 49.1 Å². The molecule has 29 heavy (non-hydrogen) atoms. The molecule has 148 valence electrons. The fraction of sp³-hybridized carbons (Fsp3) is 0.286. The van der Waals surface area contributed by atoms with Gasteiger partial charge in [-0.25, -0.2) is 14.8 Å². The zero-order valence-corrected chi connectivity index (χ0v) is 16.7. The highest BCUT2D eigenvalue weighted by molar-refractivity contribution is 6.03. The molecule has 1 aliphatic heterocycles. The molecule has 1 aliphatic rings. The summed E-state index contributed by atoms with van der Waals surface area (Å²) in [7, 11) is 2.02. The summed E-state index contributed by atoms with van der Waals surface area (Å²) in [5.41, 5.74) is 3.60. The summed E-state index contributed by atoms with van der Waals surface area (Å²) in [4.78, 5) is 34.3. The molecule has 4 rings (SSSR count). The lowest BCUT2D eigenvalue weighted by Gasteiger charge is -2.27. The molecule has 0 unspecified atom stereocenters. The molecule has 0 bridgehead atoms. The van der Waals surface area contributed by atoms with Gasteiger partial charge in [-0.1, -0.05) is 0 Å². The van der Waals surface area contributed by atoms with Crippen molar-refractivity contribution in [2.45, 2.75) is 26.3 Å². The Hall–Kier alpha value is -3.55. The number of urea groups is 1. The van der Waals surface area contributed by atoms with E-state index in [1.165, 1.54) is 6.20 Å². The van der Waals surface area contributed by atoms with Crippen LogP contribution in [0, 0.1) is 6.92 Å². The second kappa shape index (κ2) is 7.83. The van der Waals surface area contributed by atoms with E-state index in [1.54, 1.807) is 23.5 Å². The number of hydrogen-bond acceptors (Lipinski definition) is 6. The average Bonchev–Trinajstić information content (AvgIpc) is 2.84. The van der Waals surface area contributed by atoms with Gasteiger partial charge in [0, 0.05) is 49.5 Å². The van der Waals surface area contributed by atoms with Gasteiger partial charge in [-0.05, 0) is 44.5 Å². The first kappa shape index (κ1) is 18.8. The minimum Gasteiger partial charge on any atom is -0.372 e. The van der Waals surface area contributed by atoms with Gasteiger partial charge in [-0.3, -0.25) is 20.2 Å². The van der Waals surface area contributed by atoms with E-state index in [2.05, 4.69) is 25.2 Å². The van der Waals surface area contributed by atoms with Crippen LogP contribution in [0.25, 0.3) is 11.3 Å². The van der Waals surface area contributed by atoms with Crippen LogP contribution in [0.5, 0.6) is 0 Å². The Kier molecular flexibility index (Phi) is 5.07. The number of rotatable bonds is 2. The first-order valence-corrected chi connectivity index (χ1v) is 9.54. The molecule has 2 amide bonds. The van der Waals surface area contributed by atoms with E-state index in [9.17, 15) is 4.79 Å². The predicted octanol–water partition coefficient (Wildman–Crippen LogP) is 3.51. The molecule has 0 aliphatic carbocycles. The topological polar surface area (TPSA) is 87.1 Å². The molecule has 0 saturated heterocycles. The number of carbonyl (C=O) groups is 1. The van der Waals surface area contributed by atoms with Gasteiger partial charge >= 0.3 is 6.03 Å². The maximum Gasteiger partial charge on any atom is 0.329 e. The Morgan fingerprint density at radius 3 is 2.79 bits per heavy atom. The molecule has 0 aromatic carbocycles. The van der Waals surface area contributed by atoms with E-state index in [-0.39, 0.29) is 12.1 Å². The van der Waals surface area contributed by atoms with Crippen molar-refractivity contribution in [3.63, 3.8) is 0 Å². The second-order valence-electron chi connectivity index (χ2n) is 7.18. The first-order chi connectivity index (χ1) is 14.0. The van der Waals surface area contributed by atoms with Crippen molar-refractivity contribution in [1.82, 2.24) is 19.9 Å². The van der Waals surface area contributed by atoms with Gasteiger partial charge < -0.3 is 4.90 Å². The zero-order chi connectivity index (χ0) is 20.4. The molecule has 0 radical (unpaired) electrons. The van der Waals surface area contributed by atoms with Crippen LogP contribution in [0.1, 0.15) is 19.0 Å². The lowest BCUT2D eigenvalue weighted by molar-refractivity contribution is 0.255. The van der Waals surface area contributed by atoms with Crippen LogP contribution >= 0.6 is 0 Å². The summed E-state index contributed by atoms with van der Waals surface area (Å²) in [6.07, 6.45) is 7.23. The van der Waals surface area contributed by atoms with E-state index in [1.807, 2.05) is 45.2 Å².